The number of aryl methyl sites for hydroxylation is 1. The van der Waals surface area contributed by atoms with Crippen molar-refractivity contribution in [3.8, 4) is 11.5 Å². The Bertz CT molecular complexity index is 725. The van der Waals surface area contributed by atoms with E-state index in [2.05, 4.69) is 15.1 Å². The molecular formula is C16H15N3O2. The van der Waals surface area contributed by atoms with Crippen LogP contribution in [0.15, 0.2) is 53.2 Å². The summed E-state index contributed by atoms with van der Waals surface area (Å²) in [5.41, 5.74) is 2.57. The molecule has 1 N–H and O–H groups in total. The summed E-state index contributed by atoms with van der Waals surface area (Å²) in [7, 11) is 0. The third kappa shape index (κ3) is 3.14. The van der Waals surface area contributed by atoms with E-state index in [1.54, 1.807) is 6.20 Å². The average Bonchev–Trinajstić information content (AvgIpc) is 2.97. The van der Waals surface area contributed by atoms with Crippen LogP contribution in [0.3, 0.4) is 0 Å². The third-order valence-corrected chi connectivity index (χ3v) is 3.16. The normalized spacial score (nSPS) is 12.3. The smallest absolute Gasteiger partial charge is 0.229 e. The summed E-state index contributed by atoms with van der Waals surface area (Å²) in [4.78, 5) is 8.50. The minimum absolute atomic E-state index is 0.281. The summed E-state index contributed by atoms with van der Waals surface area (Å²) in [5, 5.41) is 14.1. The highest BCUT2D eigenvalue weighted by atomic mass is 16.5. The molecule has 0 bridgehead atoms. The van der Waals surface area contributed by atoms with Crippen LogP contribution in [-0.2, 0) is 6.42 Å². The second kappa shape index (κ2) is 5.85. The van der Waals surface area contributed by atoms with E-state index in [0.29, 0.717) is 17.4 Å². The number of pyridine rings is 1. The van der Waals surface area contributed by atoms with Crippen LogP contribution in [0.1, 0.15) is 23.1 Å². The molecule has 1 unspecified atom stereocenters. The van der Waals surface area contributed by atoms with Crippen LogP contribution in [0.2, 0.25) is 0 Å². The maximum atomic E-state index is 10.2. The molecule has 5 nitrogen and oxygen atoms in total. The van der Waals surface area contributed by atoms with Crippen molar-refractivity contribution in [2.45, 2.75) is 19.4 Å². The lowest BCUT2D eigenvalue weighted by molar-refractivity contribution is 0.165. The van der Waals surface area contributed by atoms with Gasteiger partial charge in [0, 0.05) is 6.20 Å². The maximum Gasteiger partial charge on any atom is 0.229 e. The van der Waals surface area contributed by atoms with Crippen molar-refractivity contribution >= 4 is 0 Å². The highest BCUT2D eigenvalue weighted by Gasteiger charge is 2.15. The van der Waals surface area contributed by atoms with E-state index < -0.39 is 6.10 Å². The number of hydrogen-bond donors (Lipinski definition) is 1. The second-order valence-corrected chi connectivity index (χ2v) is 4.86. The Labute approximate surface area is 122 Å². The number of aromatic nitrogens is 3. The molecule has 21 heavy (non-hydrogen) atoms. The molecule has 2 aromatic heterocycles. The van der Waals surface area contributed by atoms with Crippen LogP contribution in [0.25, 0.3) is 11.5 Å². The average molecular weight is 281 g/mol. The molecule has 0 radical (unpaired) electrons. The van der Waals surface area contributed by atoms with Crippen LogP contribution in [-0.4, -0.2) is 20.2 Å². The van der Waals surface area contributed by atoms with Gasteiger partial charge in [-0.25, -0.2) is 0 Å². The Morgan fingerprint density at radius 1 is 1.19 bits per heavy atom. The fourth-order valence-corrected chi connectivity index (χ4v) is 2.06. The first-order chi connectivity index (χ1) is 10.2. The Morgan fingerprint density at radius 3 is 2.76 bits per heavy atom. The number of aliphatic hydroxyl groups excluding tert-OH is 1. The van der Waals surface area contributed by atoms with Gasteiger partial charge in [0.25, 0.3) is 0 Å². The molecule has 0 saturated heterocycles. The number of hydrogen-bond acceptors (Lipinski definition) is 5. The quantitative estimate of drug-likeness (QED) is 0.796. The van der Waals surface area contributed by atoms with Crippen LogP contribution < -0.4 is 0 Å². The fraction of sp³-hybridized carbons (Fsp3) is 0.188. The molecule has 0 aliphatic heterocycles. The molecule has 1 aromatic carbocycles. The van der Waals surface area contributed by atoms with Crippen molar-refractivity contribution in [1.29, 1.82) is 0 Å². The van der Waals surface area contributed by atoms with Gasteiger partial charge < -0.3 is 9.63 Å². The predicted molar refractivity (Wildman–Crippen MR) is 77.4 cm³/mol. The summed E-state index contributed by atoms with van der Waals surface area (Å²) in [5.74, 6) is 0.832. The summed E-state index contributed by atoms with van der Waals surface area (Å²) in [6.07, 6.45) is 1.33. The van der Waals surface area contributed by atoms with Gasteiger partial charge in [0.05, 0.1) is 12.5 Å². The minimum Gasteiger partial charge on any atom is -0.388 e. The lowest BCUT2D eigenvalue weighted by Crippen LogP contribution is -2.01. The molecule has 3 aromatic rings. The number of rotatable bonds is 4. The van der Waals surface area contributed by atoms with Crippen molar-refractivity contribution in [3.05, 3.63) is 65.7 Å². The van der Waals surface area contributed by atoms with Crippen molar-refractivity contribution in [1.82, 2.24) is 15.1 Å². The summed E-state index contributed by atoms with van der Waals surface area (Å²) >= 11 is 0. The van der Waals surface area contributed by atoms with Crippen molar-refractivity contribution < 1.29 is 9.63 Å². The number of aliphatic hydroxyl groups is 1. The fourth-order valence-electron chi connectivity index (χ4n) is 2.06. The van der Waals surface area contributed by atoms with Crippen LogP contribution in [0, 0.1) is 6.92 Å². The molecule has 0 amide bonds. The van der Waals surface area contributed by atoms with Gasteiger partial charge >= 0.3 is 0 Å². The summed E-state index contributed by atoms with van der Waals surface area (Å²) in [6.45, 7) is 1.98. The molecule has 0 fully saturated rings. The van der Waals surface area contributed by atoms with E-state index in [0.717, 1.165) is 11.1 Å². The molecule has 3 rings (SSSR count). The number of nitrogens with zero attached hydrogens (tertiary/aromatic N) is 3. The van der Waals surface area contributed by atoms with E-state index in [1.165, 1.54) is 0 Å². The SMILES string of the molecule is Cc1ccnc(-c2noc(CC(O)c3ccccc3)n2)c1. The van der Waals surface area contributed by atoms with E-state index in [1.807, 2.05) is 49.4 Å². The first-order valence-electron chi connectivity index (χ1n) is 6.71. The van der Waals surface area contributed by atoms with Gasteiger partial charge in [-0.2, -0.15) is 4.98 Å². The van der Waals surface area contributed by atoms with Crippen molar-refractivity contribution in [3.63, 3.8) is 0 Å². The Kier molecular flexibility index (Phi) is 3.75. The molecule has 0 aliphatic carbocycles. The predicted octanol–water partition coefficient (Wildman–Crippen LogP) is 2.72. The first-order valence-corrected chi connectivity index (χ1v) is 6.71. The second-order valence-electron chi connectivity index (χ2n) is 4.86. The third-order valence-electron chi connectivity index (χ3n) is 3.16. The zero-order valence-corrected chi connectivity index (χ0v) is 11.6. The first kappa shape index (κ1) is 13.5. The molecule has 0 spiro atoms. The zero-order chi connectivity index (χ0) is 14.7. The van der Waals surface area contributed by atoms with Gasteiger partial charge in [0.2, 0.25) is 11.7 Å². The molecule has 0 saturated carbocycles. The molecule has 106 valence electrons. The number of benzene rings is 1. The molecule has 5 heteroatoms. The highest BCUT2D eigenvalue weighted by molar-refractivity contribution is 5.48. The van der Waals surface area contributed by atoms with Crippen LogP contribution in [0.4, 0.5) is 0 Å². The Balaban J connectivity index is 1.76. The topological polar surface area (TPSA) is 72.0 Å². The van der Waals surface area contributed by atoms with Gasteiger partial charge in [-0.15, -0.1) is 0 Å². The largest absolute Gasteiger partial charge is 0.388 e. The van der Waals surface area contributed by atoms with Gasteiger partial charge in [-0.05, 0) is 30.2 Å². The van der Waals surface area contributed by atoms with Crippen LogP contribution in [0.5, 0.6) is 0 Å². The highest BCUT2D eigenvalue weighted by Crippen LogP contribution is 2.19. The van der Waals surface area contributed by atoms with Gasteiger partial charge in [0.15, 0.2) is 0 Å². The van der Waals surface area contributed by atoms with Gasteiger partial charge in [0.1, 0.15) is 5.69 Å². The van der Waals surface area contributed by atoms with E-state index in [-0.39, 0.29) is 6.42 Å². The lowest BCUT2D eigenvalue weighted by Gasteiger charge is -2.07. The summed E-state index contributed by atoms with van der Waals surface area (Å²) < 4.78 is 5.19. The zero-order valence-electron chi connectivity index (χ0n) is 11.6. The molecule has 0 aliphatic rings. The van der Waals surface area contributed by atoms with Crippen molar-refractivity contribution in [2.75, 3.05) is 0 Å². The van der Waals surface area contributed by atoms with Gasteiger partial charge in [-0.1, -0.05) is 35.5 Å². The standard InChI is InChI=1S/C16H15N3O2/c1-11-7-8-17-13(9-11)16-18-15(21-19-16)10-14(20)12-5-3-2-4-6-12/h2-9,14,20H,10H2,1H3. The van der Waals surface area contributed by atoms with E-state index in [4.69, 9.17) is 4.52 Å². The van der Waals surface area contributed by atoms with E-state index in [9.17, 15) is 5.11 Å². The molecule has 1 atom stereocenters. The van der Waals surface area contributed by atoms with Crippen LogP contribution >= 0.6 is 0 Å². The Hall–Kier alpha value is -2.53. The summed E-state index contributed by atoms with van der Waals surface area (Å²) in [6, 6.07) is 13.2. The minimum atomic E-state index is -0.662. The van der Waals surface area contributed by atoms with Gasteiger partial charge in [-0.3, -0.25) is 4.98 Å². The lowest BCUT2D eigenvalue weighted by atomic mass is 10.1. The molecule has 2 heterocycles. The van der Waals surface area contributed by atoms with Crippen molar-refractivity contribution in [2.24, 2.45) is 0 Å². The maximum absolute atomic E-state index is 10.2. The van der Waals surface area contributed by atoms with E-state index >= 15 is 0 Å². The Morgan fingerprint density at radius 2 is 2.00 bits per heavy atom. The molecular weight excluding hydrogens is 266 g/mol. The monoisotopic (exact) mass is 281 g/mol.